The summed E-state index contributed by atoms with van der Waals surface area (Å²) in [5.41, 5.74) is 1.10. The third kappa shape index (κ3) is 5.89. The second kappa shape index (κ2) is 15.1. The van der Waals surface area contributed by atoms with Gasteiger partial charge in [0.15, 0.2) is 23.1 Å². The van der Waals surface area contributed by atoms with Crippen molar-refractivity contribution in [1.82, 2.24) is 23.5 Å². The lowest BCUT2D eigenvalue weighted by atomic mass is 9.47. The maximum Gasteiger partial charge on any atom is 0.347 e. The predicted molar refractivity (Wildman–Crippen MR) is 229 cm³/mol. The van der Waals surface area contributed by atoms with Crippen LogP contribution in [0.5, 0.6) is 17.2 Å². The number of carbonyl (C=O) groups excluding carboxylic acids is 2. The van der Waals surface area contributed by atoms with Crippen LogP contribution in [-0.2, 0) is 48.0 Å². The van der Waals surface area contributed by atoms with Gasteiger partial charge in [0.05, 0.1) is 43.3 Å². The van der Waals surface area contributed by atoms with Crippen molar-refractivity contribution in [1.29, 1.82) is 0 Å². The van der Waals surface area contributed by atoms with Gasteiger partial charge in [0.25, 0.3) is 5.56 Å². The third-order valence-electron chi connectivity index (χ3n) is 12.8. The summed E-state index contributed by atoms with van der Waals surface area (Å²) >= 11 is 0. The number of aromatic hydroxyl groups is 1. The zero-order chi connectivity index (χ0) is 42.7. The number of Topliss-reactive ketones (excluding diaryl/α,β-unsaturated/α-hetero) is 1. The van der Waals surface area contributed by atoms with Crippen LogP contribution in [0.25, 0.3) is 16.6 Å². The van der Waals surface area contributed by atoms with Crippen molar-refractivity contribution in [3.05, 3.63) is 181 Å². The number of para-hydroxylation sites is 1. The Bertz CT molecular complexity index is 3050. The van der Waals surface area contributed by atoms with Crippen LogP contribution < -0.4 is 26.4 Å². The first-order chi connectivity index (χ1) is 29.5. The minimum absolute atomic E-state index is 0.0144. The molecular formula is C48H43N5O8. The number of carbonyl (C=O) groups is 2. The Labute approximate surface area is 349 Å². The number of benzene rings is 4. The van der Waals surface area contributed by atoms with Crippen molar-refractivity contribution in [2.24, 2.45) is 13.0 Å². The Morgan fingerprint density at radius 2 is 1.61 bits per heavy atom. The molecule has 6 aromatic rings. The molecule has 1 aliphatic heterocycles. The van der Waals surface area contributed by atoms with Crippen LogP contribution in [0, 0.1) is 5.92 Å². The third-order valence-corrected chi connectivity index (χ3v) is 12.8. The summed E-state index contributed by atoms with van der Waals surface area (Å²) < 4.78 is 16.2. The fourth-order valence-electron chi connectivity index (χ4n) is 9.97. The van der Waals surface area contributed by atoms with E-state index in [-0.39, 0.29) is 54.5 Å². The van der Waals surface area contributed by atoms with E-state index in [1.165, 1.54) is 34.2 Å². The molecule has 9 rings (SSSR count). The van der Waals surface area contributed by atoms with Crippen molar-refractivity contribution in [2.75, 3.05) is 14.2 Å². The predicted octanol–water partition coefficient (Wildman–Crippen LogP) is 5.21. The van der Waals surface area contributed by atoms with Gasteiger partial charge in [-0.25, -0.2) is 28.5 Å². The van der Waals surface area contributed by atoms with Crippen LogP contribution in [0.3, 0.4) is 0 Å². The van der Waals surface area contributed by atoms with E-state index in [1.807, 2.05) is 48.5 Å². The Morgan fingerprint density at radius 3 is 2.31 bits per heavy atom. The fraction of sp³-hybridized carbons (Fsp3) is 0.250. The summed E-state index contributed by atoms with van der Waals surface area (Å²) in [5, 5.41) is 12.1. The highest BCUT2D eigenvalue weighted by atomic mass is 16.5. The van der Waals surface area contributed by atoms with Crippen molar-refractivity contribution in [3.8, 4) is 17.2 Å². The smallest absolute Gasteiger partial charge is 0.347 e. The first-order valence-electron chi connectivity index (χ1n) is 20.1. The van der Waals surface area contributed by atoms with Crippen molar-refractivity contribution >= 4 is 28.2 Å². The van der Waals surface area contributed by atoms with Crippen molar-refractivity contribution in [2.45, 2.75) is 49.7 Å². The molecule has 2 aromatic heterocycles. The largest absolute Gasteiger partial charge is 0.507 e. The molecule has 0 saturated heterocycles. The number of aryl methyl sites for hydroxylation is 2. The van der Waals surface area contributed by atoms with E-state index in [0.717, 1.165) is 4.57 Å². The Morgan fingerprint density at radius 1 is 0.902 bits per heavy atom. The number of hydrogen-bond acceptors (Lipinski definition) is 9. The van der Waals surface area contributed by atoms with Gasteiger partial charge in [0.2, 0.25) is 0 Å². The van der Waals surface area contributed by atoms with Gasteiger partial charge in [-0.1, -0.05) is 91.0 Å². The summed E-state index contributed by atoms with van der Waals surface area (Å²) in [6, 6.07) is 26.1. The number of rotatable bonds is 10. The quantitative estimate of drug-likeness (QED) is 0.184. The lowest BCUT2D eigenvalue weighted by Gasteiger charge is -2.54. The molecule has 1 N–H and O–H groups in total. The minimum Gasteiger partial charge on any atom is -0.507 e. The van der Waals surface area contributed by atoms with Gasteiger partial charge in [0.1, 0.15) is 11.4 Å². The summed E-state index contributed by atoms with van der Waals surface area (Å²) in [4.78, 5) is 77.8. The van der Waals surface area contributed by atoms with Crippen LogP contribution in [0.15, 0.2) is 136 Å². The van der Waals surface area contributed by atoms with Gasteiger partial charge in [0, 0.05) is 55.1 Å². The molecule has 3 aliphatic rings. The molecule has 0 bridgehead atoms. The zero-order valence-corrected chi connectivity index (χ0v) is 33.9. The molecule has 13 heteroatoms. The Kier molecular flexibility index (Phi) is 9.69. The van der Waals surface area contributed by atoms with Crippen LogP contribution >= 0.6 is 0 Å². The number of methoxy groups -OCH3 is 2. The maximum absolute atomic E-state index is 15.3. The van der Waals surface area contributed by atoms with Crippen LogP contribution in [0.2, 0.25) is 0 Å². The summed E-state index contributed by atoms with van der Waals surface area (Å²) in [7, 11) is 4.62. The second-order valence-corrected chi connectivity index (χ2v) is 15.7. The van der Waals surface area contributed by atoms with Gasteiger partial charge in [-0.15, -0.1) is 6.58 Å². The van der Waals surface area contributed by atoms with Gasteiger partial charge in [-0.3, -0.25) is 14.4 Å². The van der Waals surface area contributed by atoms with E-state index in [9.17, 15) is 19.5 Å². The normalized spacial score (nSPS) is 20.6. The first kappa shape index (κ1) is 39.2. The molecule has 3 heterocycles. The number of phenolic OH excluding ortho intramolecular Hbond substituents is 1. The number of aromatic nitrogens is 5. The van der Waals surface area contributed by atoms with Crippen molar-refractivity contribution in [3.63, 3.8) is 0 Å². The fourth-order valence-corrected chi connectivity index (χ4v) is 9.97. The standard InChI is InChI=1S/C48H43N5O8/c1-5-13-29-16-12-19-32(43(29)55)42-31-20-23-52-46(58)51(22-21-35-45(57)50(2)38-27-40(61-4)39(60-3)26-36(38)49-35)47(59)53(52)37(31)25-34-44(56)33(28-14-8-6-9-15-28)24-41(54)48(34,42)30-17-10-7-11-18-30/h5-12,14-20,24,26-27,34,37,42,55H,1,13,21-23,25H2,2-4H3/t34-,37+,42+,48-/m0/s1. The van der Waals surface area contributed by atoms with Gasteiger partial charge < -0.3 is 19.1 Å². The van der Waals surface area contributed by atoms with Gasteiger partial charge in [-0.2, -0.15) is 0 Å². The number of phenols is 1. The number of fused-ring (bicyclic) bond motifs is 5. The Hall–Kier alpha value is -7.28. The summed E-state index contributed by atoms with van der Waals surface area (Å²) in [6.45, 7) is 3.70. The molecule has 0 radical (unpaired) electrons. The molecule has 4 atom stereocenters. The number of hydrogen-bond donors (Lipinski definition) is 1. The number of ether oxygens (including phenoxy) is 2. The van der Waals surface area contributed by atoms with Gasteiger partial charge >= 0.3 is 11.4 Å². The molecule has 308 valence electrons. The maximum atomic E-state index is 15.3. The average Bonchev–Trinajstić information content (AvgIpc) is 3.53. The molecule has 1 fully saturated rings. The van der Waals surface area contributed by atoms with E-state index >= 15 is 9.59 Å². The zero-order valence-electron chi connectivity index (χ0n) is 33.9. The highest BCUT2D eigenvalue weighted by molar-refractivity contribution is 6.31. The monoisotopic (exact) mass is 817 g/mol. The SMILES string of the molecule is C=CCc1cccc([C@H]2C3=CCn4c(=O)n(CCc5nc6cc(OC)c(OC)cc6n(C)c5=O)c(=O)n4[C@@H]3C[C@H]3C(=O)C(c4ccccc4)=CC(=O)[C@@]23c2ccccc2)c1O. The highest BCUT2D eigenvalue weighted by Gasteiger charge is 2.63. The molecule has 1 saturated carbocycles. The van der Waals surface area contributed by atoms with Crippen molar-refractivity contribution < 1.29 is 24.2 Å². The van der Waals surface area contributed by atoms with E-state index in [2.05, 4.69) is 11.6 Å². The molecule has 2 aliphatic carbocycles. The van der Waals surface area contributed by atoms with Gasteiger partial charge in [-0.05, 0) is 41.2 Å². The topological polar surface area (TPSA) is 157 Å². The van der Waals surface area contributed by atoms with E-state index in [0.29, 0.717) is 56.8 Å². The first-order valence-corrected chi connectivity index (χ1v) is 20.1. The number of allylic oxidation sites excluding steroid dienone is 5. The molecule has 0 amide bonds. The van der Waals surface area contributed by atoms with Crippen LogP contribution in [-0.4, -0.2) is 54.4 Å². The van der Waals surface area contributed by atoms with Crippen LogP contribution in [0.4, 0.5) is 0 Å². The Balaban J connectivity index is 1.20. The van der Waals surface area contributed by atoms with E-state index in [1.54, 1.807) is 61.7 Å². The van der Waals surface area contributed by atoms with E-state index < -0.39 is 40.2 Å². The lowest BCUT2D eigenvalue weighted by Crippen LogP contribution is -2.58. The molecule has 0 unspecified atom stereocenters. The summed E-state index contributed by atoms with van der Waals surface area (Å²) in [5.74, 6) is -1.69. The highest BCUT2D eigenvalue weighted by Crippen LogP contribution is 2.62. The molecule has 61 heavy (non-hydrogen) atoms. The number of nitrogens with zero attached hydrogens (tertiary/aromatic N) is 5. The minimum atomic E-state index is -1.52. The molecular weight excluding hydrogens is 775 g/mol. The number of ketones is 2. The average molecular weight is 818 g/mol. The molecule has 13 nitrogen and oxygen atoms in total. The van der Waals surface area contributed by atoms with E-state index in [4.69, 9.17) is 9.47 Å². The lowest BCUT2D eigenvalue weighted by molar-refractivity contribution is -0.133. The van der Waals surface area contributed by atoms with Crippen LogP contribution in [0.1, 0.15) is 46.3 Å². The molecule has 4 aromatic carbocycles. The summed E-state index contributed by atoms with van der Waals surface area (Å²) in [6.07, 6.45) is 5.31. The second-order valence-electron chi connectivity index (χ2n) is 15.7. The molecule has 0 spiro atoms.